The van der Waals surface area contributed by atoms with E-state index in [0.29, 0.717) is 24.1 Å². The zero-order valence-electron chi connectivity index (χ0n) is 11.3. The van der Waals surface area contributed by atoms with Crippen molar-refractivity contribution < 1.29 is 9.59 Å². The number of hydrogen-bond donors (Lipinski definition) is 2. The van der Waals surface area contributed by atoms with Gasteiger partial charge in [0.1, 0.15) is 18.2 Å². The minimum absolute atomic E-state index is 0.0571. The number of fused-ring (bicyclic) bond motifs is 1. The average molecular weight is 287 g/mol. The zero-order chi connectivity index (χ0) is 15.0. The summed E-state index contributed by atoms with van der Waals surface area (Å²) in [6.45, 7) is 1.95. The molecule has 0 aromatic carbocycles. The molecule has 8 heteroatoms. The SMILES string of the molecule is CC1CC(=O)c2cc(C(=O)Nn3cnnc3)c(=O)[nH]c2C1. The number of Topliss-reactive ketones (excluding diaryl/α,β-unsaturated/α-hetero) is 1. The molecule has 108 valence electrons. The molecule has 0 saturated carbocycles. The molecule has 1 atom stereocenters. The van der Waals surface area contributed by atoms with Crippen LogP contribution in [0.25, 0.3) is 0 Å². The number of nitrogens with one attached hydrogen (secondary N) is 2. The lowest BCUT2D eigenvalue weighted by Gasteiger charge is -2.20. The highest BCUT2D eigenvalue weighted by atomic mass is 16.2. The van der Waals surface area contributed by atoms with Gasteiger partial charge in [0.25, 0.3) is 11.5 Å². The third-order valence-electron chi connectivity index (χ3n) is 3.40. The van der Waals surface area contributed by atoms with Crippen LogP contribution in [0.3, 0.4) is 0 Å². The van der Waals surface area contributed by atoms with E-state index in [0.717, 1.165) is 0 Å². The number of ketones is 1. The highest BCUT2D eigenvalue weighted by Crippen LogP contribution is 2.23. The largest absolute Gasteiger partial charge is 0.325 e. The maximum Gasteiger partial charge on any atom is 0.275 e. The third kappa shape index (κ3) is 2.47. The van der Waals surface area contributed by atoms with Crippen LogP contribution < -0.4 is 11.0 Å². The molecule has 1 aliphatic carbocycles. The van der Waals surface area contributed by atoms with E-state index in [1.165, 1.54) is 23.4 Å². The minimum Gasteiger partial charge on any atom is -0.325 e. The van der Waals surface area contributed by atoms with Crippen molar-refractivity contribution in [2.75, 3.05) is 5.43 Å². The molecular weight excluding hydrogens is 274 g/mol. The Hall–Kier alpha value is -2.77. The molecule has 0 aliphatic heterocycles. The molecule has 2 aromatic rings. The molecule has 1 aliphatic rings. The lowest BCUT2D eigenvalue weighted by molar-refractivity contribution is 0.0952. The molecule has 21 heavy (non-hydrogen) atoms. The Bertz CT molecular complexity index is 763. The van der Waals surface area contributed by atoms with E-state index in [9.17, 15) is 14.4 Å². The molecule has 0 fully saturated rings. The molecule has 3 rings (SSSR count). The standard InChI is InChI=1S/C13H13N5O3/c1-7-2-10-8(11(19)3-7)4-9(12(20)16-10)13(21)17-18-5-14-15-6-18/h4-7H,2-3H2,1H3,(H,16,20)(H,17,21). The maximum absolute atomic E-state index is 12.1. The summed E-state index contributed by atoms with van der Waals surface area (Å²) in [7, 11) is 0. The first-order valence-electron chi connectivity index (χ1n) is 6.50. The Morgan fingerprint density at radius 1 is 1.33 bits per heavy atom. The van der Waals surface area contributed by atoms with E-state index < -0.39 is 11.5 Å². The van der Waals surface area contributed by atoms with Crippen molar-refractivity contribution in [3.63, 3.8) is 0 Å². The van der Waals surface area contributed by atoms with E-state index >= 15 is 0 Å². The molecule has 2 N–H and O–H groups in total. The van der Waals surface area contributed by atoms with E-state index in [2.05, 4.69) is 20.6 Å². The number of carbonyl (C=O) groups excluding carboxylic acids is 2. The number of nitrogens with zero attached hydrogens (tertiary/aromatic N) is 3. The summed E-state index contributed by atoms with van der Waals surface area (Å²) >= 11 is 0. The quantitative estimate of drug-likeness (QED) is 0.815. The molecule has 8 nitrogen and oxygen atoms in total. The smallest absolute Gasteiger partial charge is 0.275 e. The van der Waals surface area contributed by atoms with Gasteiger partial charge in [-0.25, -0.2) is 4.68 Å². The van der Waals surface area contributed by atoms with E-state index in [1.807, 2.05) is 6.92 Å². The highest BCUT2D eigenvalue weighted by molar-refractivity contribution is 6.04. The van der Waals surface area contributed by atoms with Crippen molar-refractivity contribution in [1.29, 1.82) is 0 Å². The van der Waals surface area contributed by atoms with Gasteiger partial charge in [0.05, 0.1) is 0 Å². The van der Waals surface area contributed by atoms with Crippen LogP contribution in [0, 0.1) is 5.92 Å². The summed E-state index contributed by atoms with van der Waals surface area (Å²) in [4.78, 5) is 38.7. The van der Waals surface area contributed by atoms with Gasteiger partial charge in [-0.1, -0.05) is 6.92 Å². The molecule has 1 unspecified atom stereocenters. The van der Waals surface area contributed by atoms with Gasteiger partial charge in [-0.05, 0) is 18.4 Å². The Kier molecular flexibility index (Phi) is 3.13. The monoisotopic (exact) mass is 287 g/mol. The van der Waals surface area contributed by atoms with Gasteiger partial charge in [-0.3, -0.25) is 19.8 Å². The Morgan fingerprint density at radius 2 is 2.05 bits per heavy atom. The summed E-state index contributed by atoms with van der Waals surface area (Å²) < 4.78 is 1.23. The summed E-state index contributed by atoms with van der Waals surface area (Å²) in [5.41, 5.74) is 2.83. The molecular formula is C13H13N5O3. The van der Waals surface area contributed by atoms with Crippen molar-refractivity contribution in [3.05, 3.63) is 45.9 Å². The first kappa shape index (κ1) is 13.2. The summed E-state index contributed by atoms with van der Waals surface area (Å²) in [5, 5.41) is 7.08. The van der Waals surface area contributed by atoms with Gasteiger partial charge in [0.2, 0.25) is 0 Å². The second-order valence-corrected chi connectivity index (χ2v) is 5.15. The fraction of sp³-hybridized carbons (Fsp3) is 0.308. The van der Waals surface area contributed by atoms with Crippen LogP contribution in [0.4, 0.5) is 0 Å². The maximum atomic E-state index is 12.1. The number of hydrogen-bond acceptors (Lipinski definition) is 5. The number of amides is 1. The van der Waals surface area contributed by atoms with Crippen molar-refractivity contribution in [2.45, 2.75) is 19.8 Å². The summed E-state index contributed by atoms with van der Waals surface area (Å²) in [5.74, 6) is -0.485. The van der Waals surface area contributed by atoms with Crippen LogP contribution in [0.2, 0.25) is 0 Å². The van der Waals surface area contributed by atoms with Crippen LogP contribution in [-0.2, 0) is 6.42 Å². The lowest BCUT2D eigenvalue weighted by Crippen LogP contribution is -2.31. The van der Waals surface area contributed by atoms with Gasteiger partial charge >= 0.3 is 0 Å². The molecule has 2 heterocycles. The van der Waals surface area contributed by atoms with Gasteiger partial charge in [0, 0.05) is 17.7 Å². The average Bonchev–Trinajstić information content (AvgIpc) is 2.90. The predicted molar refractivity (Wildman–Crippen MR) is 72.6 cm³/mol. The van der Waals surface area contributed by atoms with E-state index in [-0.39, 0.29) is 17.3 Å². The minimum atomic E-state index is -0.620. The van der Waals surface area contributed by atoms with E-state index in [4.69, 9.17) is 0 Å². The van der Waals surface area contributed by atoms with Crippen molar-refractivity contribution in [2.24, 2.45) is 5.92 Å². The first-order valence-corrected chi connectivity index (χ1v) is 6.50. The van der Waals surface area contributed by atoms with Crippen molar-refractivity contribution in [1.82, 2.24) is 19.9 Å². The van der Waals surface area contributed by atoms with Crippen LogP contribution in [-0.4, -0.2) is 31.5 Å². The molecule has 0 saturated heterocycles. The Morgan fingerprint density at radius 3 is 2.76 bits per heavy atom. The van der Waals surface area contributed by atoms with Gasteiger partial charge in [-0.2, -0.15) is 0 Å². The Labute approximate surface area is 119 Å². The zero-order valence-corrected chi connectivity index (χ0v) is 11.3. The van der Waals surface area contributed by atoms with Crippen LogP contribution in [0.1, 0.15) is 39.8 Å². The molecule has 0 spiro atoms. The van der Waals surface area contributed by atoms with Crippen LogP contribution in [0.15, 0.2) is 23.5 Å². The van der Waals surface area contributed by atoms with Gasteiger partial charge in [0.15, 0.2) is 5.78 Å². The number of aromatic nitrogens is 4. The van der Waals surface area contributed by atoms with Gasteiger partial charge in [-0.15, -0.1) is 10.2 Å². The van der Waals surface area contributed by atoms with E-state index in [1.54, 1.807) is 0 Å². The predicted octanol–water partition coefficient (Wildman–Crippen LogP) is 0.115. The molecule has 2 aromatic heterocycles. The Balaban J connectivity index is 1.97. The fourth-order valence-electron chi connectivity index (χ4n) is 2.43. The third-order valence-corrected chi connectivity index (χ3v) is 3.40. The van der Waals surface area contributed by atoms with Crippen molar-refractivity contribution >= 4 is 11.7 Å². The number of pyridine rings is 1. The fourth-order valence-corrected chi connectivity index (χ4v) is 2.43. The molecule has 1 amide bonds. The summed E-state index contributed by atoms with van der Waals surface area (Å²) in [6, 6.07) is 1.36. The second kappa shape index (κ2) is 4.97. The summed E-state index contributed by atoms with van der Waals surface area (Å²) in [6.07, 6.45) is 3.63. The first-order chi connectivity index (χ1) is 10.0. The lowest BCUT2D eigenvalue weighted by atomic mass is 9.86. The topological polar surface area (TPSA) is 110 Å². The van der Waals surface area contributed by atoms with Crippen LogP contribution in [0.5, 0.6) is 0 Å². The van der Waals surface area contributed by atoms with Gasteiger partial charge < -0.3 is 4.98 Å². The number of H-pyrrole nitrogens is 1. The number of aromatic amines is 1. The number of rotatable bonds is 2. The molecule has 0 radical (unpaired) electrons. The highest BCUT2D eigenvalue weighted by Gasteiger charge is 2.25. The van der Waals surface area contributed by atoms with Crippen molar-refractivity contribution in [3.8, 4) is 0 Å². The second-order valence-electron chi connectivity index (χ2n) is 5.15. The number of carbonyl (C=O) groups is 2. The normalized spacial score (nSPS) is 17.4. The molecule has 0 bridgehead atoms. The van der Waals surface area contributed by atoms with Crippen LogP contribution >= 0.6 is 0 Å².